The van der Waals surface area contributed by atoms with Crippen LogP contribution in [0.2, 0.25) is 0 Å². The van der Waals surface area contributed by atoms with E-state index < -0.39 is 6.10 Å². The minimum absolute atomic E-state index is 0.0328. The summed E-state index contributed by atoms with van der Waals surface area (Å²) in [6, 6.07) is 1.63. The van der Waals surface area contributed by atoms with E-state index in [-0.39, 0.29) is 23.8 Å². The van der Waals surface area contributed by atoms with Crippen LogP contribution in [-0.4, -0.2) is 65.8 Å². The van der Waals surface area contributed by atoms with Crippen LogP contribution in [0.15, 0.2) is 18.5 Å². The summed E-state index contributed by atoms with van der Waals surface area (Å²) in [7, 11) is 1.92. The van der Waals surface area contributed by atoms with Crippen molar-refractivity contribution >= 4 is 16.9 Å². The maximum absolute atomic E-state index is 13.9. The van der Waals surface area contributed by atoms with Crippen LogP contribution >= 0.6 is 0 Å². The predicted molar refractivity (Wildman–Crippen MR) is 109 cm³/mol. The van der Waals surface area contributed by atoms with E-state index in [2.05, 4.69) is 20.2 Å². The molecule has 0 aromatic carbocycles. The molecule has 158 valence electrons. The number of nitrogens with zero attached hydrogens (tertiary/aromatic N) is 3. The minimum atomic E-state index is -0.443. The van der Waals surface area contributed by atoms with Gasteiger partial charge in [0.2, 0.25) is 0 Å². The molecule has 1 saturated carbocycles. The van der Waals surface area contributed by atoms with Crippen molar-refractivity contribution in [3.8, 4) is 0 Å². The molecule has 2 aromatic heterocycles. The van der Waals surface area contributed by atoms with Crippen molar-refractivity contribution in [1.29, 1.82) is 0 Å². The van der Waals surface area contributed by atoms with Gasteiger partial charge in [-0.05, 0) is 39.8 Å². The first-order valence-electron chi connectivity index (χ1n) is 10.5. The third kappa shape index (κ3) is 4.29. The van der Waals surface area contributed by atoms with Crippen molar-refractivity contribution in [3.05, 3.63) is 29.8 Å². The lowest BCUT2D eigenvalue weighted by Gasteiger charge is -2.34. The first-order valence-corrected chi connectivity index (χ1v) is 10.5. The Kier molecular flexibility index (Phi) is 6.12. The molecule has 1 unspecified atom stereocenters. The lowest BCUT2D eigenvalue weighted by atomic mass is 10.1. The van der Waals surface area contributed by atoms with Crippen molar-refractivity contribution in [2.45, 2.75) is 50.9 Å². The van der Waals surface area contributed by atoms with E-state index in [9.17, 15) is 9.18 Å². The Labute approximate surface area is 170 Å². The summed E-state index contributed by atoms with van der Waals surface area (Å²) < 4.78 is 21.7. The Morgan fingerprint density at radius 2 is 2.34 bits per heavy atom. The van der Waals surface area contributed by atoms with Crippen molar-refractivity contribution in [2.24, 2.45) is 0 Å². The normalized spacial score (nSPS) is 20.7. The summed E-state index contributed by atoms with van der Waals surface area (Å²) in [5.74, 6) is -0.313. The number of carbonyl (C=O) groups excluding carboxylic acids is 1. The molecular weight excluding hydrogens is 373 g/mol. The molecule has 0 radical (unpaired) electrons. The lowest BCUT2D eigenvalue weighted by Crippen LogP contribution is -2.50. The van der Waals surface area contributed by atoms with Gasteiger partial charge in [-0.15, -0.1) is 0 Å². The Morgan fingerprint density at radius 1 is 1.52 bits per heavy atom. The SMILES string of the molecule is CNCCCn1cc(C(C)N(C(=O)[C@H]2CNCCO2)C2CC2)c2ncc(F)cc21. The zero-order chi connectivity index (χ0) is 20.4. The number of pyridine rings is 1. The third-order valence-electron chi connectivity index (χ3n) is 5.80. The molecule has 1 aliphatic heterocycles. The van der Waals surface area contributed by atoms with Crippen LogP contribution in [0.1, 0.15) is 37.8 Å². The van der Waals surface area contributed by atoms with Gasteiger partial charge in [-0.1, -0.05) is 0 Å². The number of nitrogens with one attached hydrogen (secondary N) is 2. The Balaban J connectivity index is 1.65. The van der Waals surface area contributed by atoms with Crippen LogP contribution in [0.25, 0.3) is 11.0 Å². The Hall–Kier alpha value is -2.03. The molecule has 0 spiro atoms. The number of morpholine rings is 1. The Morgan fingerprint density at radius 3 is 3.03 bits per heavy atom. The highest BCUT2D eigenvalue weighted by atomic mass is 19.1. The molecule has 4 rings (SSSR count). The highest BCUT2D eigenvalue weighted by Crippen LogP contribution is 2.37. The summed E-state index contributed by atoms with van der Waals surface area (Å²) in [4.78, 5) is 19.6. The zero-order valence-electron chi connectivity index (χ0n) is 17.2. The number of carbonyl (C=O) groups is 1. The first kappa shape index (κ1) is 20.3. The van der Waals surface area contributed by atoms with Crippen molar-refractivity contribution in [3.63, 3.8) is 0 Å². The van der Waals surface area contributed by atoms with Gasteiger partial charge in [-0.2, -0.15) is 0 Å². The van der Waals surface area contributed by atoms with Gasteiger partial charge < -0.3 is 24.8 Å². The van der Waals surface area contributed by atoms with E-state index in [1.807, 2.05) is 25.1 Å². The smallest absolute Gasteiger partial charge is 0.253 e. The second-order valence-electron chi connectivity index (χ2n) is 7.97. The minimum Gasteiger partial charge on any atom is -0.366 e. The lowest BCUT2D eigenvalue weighted by molar-refractivity contribution is -0.148. The van der Waals surface area contributed by atoms with Crippen LogP contribution in [0.3, 0.4) is 0 Å². The van der Waals surface area contributed by atoms with E-state index in [0.29, 0.717) is 13.2 Å². The molecule has 29 heavy (non-hydrogen) atoms. The van der Waals surface area contributed by atoms with Crippen LogP contribution in [0, 0.1) is 5.82 Å². The molecular formula is C21H30FN5O2. The average molecular weight is 404 g/mol. The monoisotopic (exact) mass is 403 g/mol. The van der Waals surface area contributed by atoms with Gasteiger partial charge in [0.1, 0.15) is 11.9 Å². The predicted octanol–water partition coefficient (Wildman–Crippen LogP) is 1.83. The number of amides is 1. The molecule has 0 bridgehead atoms. The fraction of sp³-hybridized carbons (Fsp3) is 0.619. The number of hydrogen-bond acceptors (Lipinski definition) is 5. The number of fused-ring (bicyclic) bond motifs is 1. The molecule has 2 atom stereocenters. The van der Waals surface area contributed by atoms with Crippen LogP contribution in [0.5, 0.6) is 0 Å². The molecule has 2 N–H and O–H groups in total. The van der Waals surface area contributed by atoms with Crippen molar-refractivity contribution in [1.82, 2.24) is 25.1 Å². The maximum atomic E-state index is 13.9. The molecule has 1 aliphatic carbocycles. The van der Waals surface area contributed by atoms with E-state index in [0.717, 1.165) is 55.5 Å². The van der Waals surface area contributed by atoms with Gasteiger partial charge >= 0.3 is 0 Å². The van der Waals surface area contributed by atoms with E-state index in [4.69, 9.17) is 4.74 Å². The van der Waals surface area contributed by atoms with E-state index >= 15 is 0 Å². The maximum Gasteiger partial charge on any atom is 0.253 e. The fourth-order valence-electron chi connectivity index (χ4n) is 4.17. The van der Waals surface area contributed by atoms with Crippen LogP contribution in [0.4, 0.5) is 4.39 Å². The second kappa shape index (κ2) is 8.77. The number of ether oxygens (including phenoxy) is 1. The summed E-state index contributed by atoms with van der Waals surface area (Å²) >= 11 is 0. The summed E-state index contributed by atoms with van der Waals surface area (Å²) in [5, 5.41) is 6.38. The quantitative estimate of drug-likeness (QED) is 0.658. The highest BCUT2D eigenvalue weighted by molar-refractivity contribution is 5.85. The van der Waals surface area contributed by atoms with Gasteiger partial charge in [0, 0.05) is 43.5 Å². The van der Waals surface area contributed by atoms with Gasteiger partial charge in [0.25, 0.3) is 5.91 Å². The number of aromatic nitrogens is 2. The van der Waals surface area contributed by atoms with Crippen molar-refractivity contribution < 1.29 is 13.9 Å². The van der Waals surface area contributed by atoms with E-state index in [1.165, 1.54) is 12.3 Å². The Bertz CT molecular complexity index is 860. The summed E-state index contributed by atoms with van der Waals surface area (Å²) in [6.45, 7) is 5.57. The molecule has 3 heterocycles. The fourth-order valence-corrected chi connectivity index (χ4v) is 4.17. The zero-order valence-corrected chi connectivity index (χ0v) is 17.2. The van der Waals surface area contributed by atoms with Crippen LogP contribution in [-0.2, 0) is 16.1 Å². The molecule has 1 amide bonds. The summed E-state index contributed by atoms with van der Waals surface area (Å²) in [6.07, 6.45) is 5.81. The van der Waals surface area contributed by atoms with Crippen LogP contribution < -0.4 is 10.6 Å². The molecule has 2 aliphatic rings. The third-order valence-corrected chi connectivity index (χ3v) is 5.80. The molecule has 2 fully saturated rings. The van der Waals surface area contributed by atoms with Crippen molar-refractivity contribution in [2.75, 3.05) is 33.3 Å². The number of hydrogen-bond donors (Lipinski definition) is 2. The van der Waals surface area contributed by atoms with Gasteiger partial charge in [0.05, 0.1) is 29.9 Å². The second-order valence-corrected chi connectivity index (χ2v) is 7.97. The molecule has 1 saturated heterocycles. The standard InChI is InChI=1S/C21H30FN5O2/c1-14(27(16-4-5-16)21(28)19-12-24-7-9-29-19)17-13-26(8-3-6-23-2)18-10-15(22)11-25-20(17)18/h10-11,13-14,16,19,23-24H,3-9,12H2,1-2H3/t14?,19-/m1/s1. The van der Waals surface area contributed by atoms with E-state index in [1.54, 1.807) is 0 Å². The number of rotatable bonds is 8. The number of halogens is 1. The molecule has 8 heteroatoms. The van der Waals surface area contributed by atoms with Gasteiger partial charge in [-0.25, -0.2) is 4.39 Å². The van der Waals surface area contributed by atoms with Gasteiger partial charge in [-0.3, -0.25) is 9.78 Å². The summed E-state index contributed by atoms with van der Waals surface area (Å²) in [5.41, 5.74) is 2.51. The molecule has 7 nitrogen and oxygen atoms in total. The average Bonchev–Trinajstić information content (AvgIpc) is 3.50. The first-order chi connectivity index (χ1) is 14.1. The molecule has 2 aromatic rings. The highest BCUT2D eigenvalue weighted by Gasteiger charge is 2.40. The number of aryl methyl sites for hydroxylation is 1. The topological polar surface area (TPSA) is 71.4 Å². The largest absolute Gasteiger partial charge is 0.366 e. The van der Waals surface area contributed by atoms with Gasteiger partial charge in [0.15, 0.2) is 0 Å².